The van der Waals surface area contributed by atoms with Crippen molar-refractivity contribution in [2.45, 2.75) is 38.5 Å². The highest BCUT2D eigenvalue weighted by Gasteiger charge is 2.31. The smallest absolute Gasteiger partial charge is 0.254 e. The first-order valence-electron chi connectivity index (χ1n) is 11.7. The van der Waals surface area contributed by atoms with Gasteiger partial charge >= 0.3 is 0 Å². The molecule has 35 heavy (non-hydrogen) atoms. The van der Waals surface area contributed by atoms with Gasteiger partial charge in [-0.3, -0.25) is 9.59 Å². The zero-order valence-electron chi connectivity index (χ0n) is 19.7. The summed E-state index contributed by atoms with van der Waals surface area (Å²) in [6.07, 6.45) is 2.25. The summed E-state index contributed by atoms with van der Waals surface area (Å²) in [5.74, 6) is 0.209. The number of methoxy groups -OCH3 is 1. The van der Waals surface area contributed by atoms with E-state index in [0.717, 1.165) is 24.0 Å². The van der Waals surface area contributed by atoms with Crippen molar-refractivity contribution in [1.82, 2.24) is 10.2 Å². The van der Waals surface area contributed by atoms with Gasteiger partial charge in [0.25, 0.3) is 5.91 Å². The molecule has 3 aromatic rings. The molecule has 2 amide bonds. The summed E-state index contributed by atoms with van der Waals surface area (Å²) in [5, 5.41) is 2.90. The summed E-state index contributed by atoms with van der Waals surface area (Å²) < 4.78 is 24.9. The molecule has 1 heterocycles. The second-order valence-corrected chi connectivity index (χ2v) is 8.50. The Bertz CT molecular complexity index is 1150. The van der Waals surface area contributed by atoms with Gasteiger partial charge in [-0.1, -0.05) is 36.4 Å². The van der Waals surface area contributed by atoms with Crippen LogP contribution in [0.1, 0.15) is 40.7 Å². The average molecular weight is 477 g/mol. The Morgan fingerprint density at radius 2 is 1.77 bits per heavy atom. The van der Waals surface area contributed by atoms with Crippen LogP contribution in [0.2, 0.25) is 0 Å². The maximum Gasteiger partial charge on any atom is 0.254 e. The van der Waals surface area contributed by atoms with Gasteiger partial charge in [-0.15, -0.1) is 0 Å². The minimum absolute atomic E-state index is 0.173. The molecule has 6 nitrogen and oxygen atoms in total. The minimum Gasteiger partial charge on any atom is -0.493 e. The molecule has 182 valence electrons. The van der Waals surface area contributed by atoms with Crippen molar-refractivity contribution in [2.75, 3.05) is 13.7 Å². The van der Waals surface area contributed by atoms with Crippen LogP contribution in [0.25, 0.3) is 0 Å². The van der Waals surface area contributed by atoms with Gasteiger partial charge in [0.05, 0.1) is 7.11 Å². The number of nitrogens with zero attached hydrogens (tertiary/aromatic N) is 1. The summed E-state index contributed by atoms with van der Waals surface area (Å²) >= 11 is 0. The monoisotopic (exact) mass is 476 g/mol. The normalized spacial score (nSPS) is 15.6. The molecule has 0 aromatic heterocycles. The number of nitrogens with one attached hydrogen (secondary N) is 1. The van der Waals surface area contributed by atoms with Gasteiger partial charge in [-0.05, 0) is 66.8 Å². The Hall–Kier alpha value is -3.87. The fourth-order valence-corrected chi connectivity index (χ4v) is 4.16. The summed E-state index contributed by atoms with van der Waals surface area (Å²) in [6, 6.07) is 20.1. The van der Waals surface area contributed by atoms with Crippen molar-refractivity contribution in [3.8, 4) is 11.5 Å². The molecule has 0 bridgehead atoms. The SMILES string of the molecule is COc1cc(CN(C(=O)c2ccc(F)cc2)C2CCCCNC2=O)ccc1OCc1ccccc1. The second kappa shape index (κ2) is 11.5. The number of hydrogen-bond donors (Lipinski definition) is 1. The summed E-state index contributed by atoms with van der Waals surface area (Å²) in [7, 11) is 1.56. The van der Waals surface area contributed by atoms with E-state index in [0.29, 0.717) is 36.6 Å². The van der Waals surface area contributed by atoms with Crippen molar-refractivity contribution in [3.05, 3.63) is 95.3 Å². The van der Waals surface area contributed by atoms with E-state index in [-0.39, 0.29) is 18.4 Å². The van der Waals surface area contributed by atoms with Crippen LogP contribution < -0.4 is 14.8 Å². The van der Waals surface area contributed by atoms with Crippen LogP contribution in [0.15, 0.2) is 72.8 Å². The predicted molar refractivity (Wildman–Crippen MR) is 131 cm³/mol. The van der Waals surface area contributed by atoms with E-state index in [2.05, 4.69) is 5.32 Å². The quantitative estimate of drug-likeness (QED) is 0.511. The van der Waals surface area contributed by atoms with Gasteiger partial charge in [-0.25, -0.2) is 4.39 Å². The maximum absolute atomic E-state index is 13.5. The first kappa shape index (κ1) is 24.3. The van der Waals surface area contributed by atoms with Crippen LogP contribution in [0.4, 0.5) is 4.39 Å². The van der Waals surface area contributed by atoms with E-state index in [9.17, 15) is 14.0 Å². The molecule has 1 fully saturated rings. The van der Waals surface area contributed by atoms with Gasteiger partial charge in [0.15, 0.2) is 11.5 Å². The summed E-state index contributed by atoms with van der Waals surface area (Å²) in [4.78, 5) is 27.9. The summed E-state index contributed by atoms with van der Waals surface area (Å²) in [5.41, 5.74) is 2.16. The third-order valence-electron chi connectivity index (χ3n) is 6.05. The number of hydrogen-bond acceptors (Lipinski definition) is 4. The van der Waals surface area contributed by atoms with Gasteiger partial charge in [-0.2, -0.15) is 0 Å². The van der Waals surface area contributed by atoms with E-state index in [4.69, 9.17) is 9.47 Å². The highest BCUT2D eigenvalue weighted by Crippen LogP contribution is 2.30. The molecule has 1 atom stereocenters. The van der Waals surface area contributed by atoms with Crippen molar-refractivity contribution < 1.29 is 23.5 Å². The number of benzene rings is 3. The Labute approximate surface area is 204 Å². The van der Waals surface area contributed by atoms with Crippen LogP contribution in [0.5, 0.6) is 11.5 Å². The molecular formula is C28H29FN2O4. The Morgan fingerprint density at radius 1 is 1.00 bits per heavy atom. The zero-order chi connectivity index (χ0) is 24.6. The van der Waals surface area contributed by atoms with Crippen molar-refractivity contribution in [1.29, 1.82) is 0 Å². The first-order valence-corrected chi connectivity index (χ1v) is 11.7. The molecule has 0 radical (unpaired) electrons. The first-order chi connectivity index (χ1) is 17.0. The Morgan fingerprint density at radius 3 is 2.51 bits per heavy atom. The molecule has 0 spiro atoms. The number of carbonyl (C=O) groups is 2. The topological polar surface area (TPSA) is 67.9 Å². The number of rotatable bonds is 8. The summed E-state index contributed by atoms with van der Waals surface area (Å²) in [6.45, 7) is 1.19. The van der Waals surface area contributed by atoms with Crippen molar-refractivity contribution >= 4 is 11.8 Å². The fraction of sp³-hybridized carbons (Fsp3) is 0.286. The Kier molecular flexibility index (Phi) is 7.98. The van der Waals surface area contributed by atoms with Crippen LogP contribution in [0.3, 0.4) is 0 Å². The molecule has 1 unspecified atom stereocenters. The van der Waals surface area contributed by atoms with Crippen LogP contribution >= 0.6 is 0 Å². The van der Waals surface area contributed by atoms with E-state index in [1.165, 1.54) is 24.3 Å². The highest BCUT2D eigenvalue weighted by molar-refractivity contribution is 5.97. The highest BCUT2D eigenvalue weighted by atomic mass is 19.1. The number of halogens is 1. The lowest BCUT2D eigenvalue weighted by molar-refractivity contribution is -0.125. The van der Waals surface area contributed by atoms with E-state index >= 15 is 0 Å². The molecule has 0 aliphatic carbocycles. The molecule has 7 heteroatoms. The predicted octanol–water partition coefficient (Wildman–Crippen LogP) is 4.72. The van der Waals surface area contributed by atoms with Crippen LogP contribution in [-0.4, -0.2) is 36.4 Å². The standard InChI is InChI=1S/C28H29FN2O4/c1-34-26-17-21(10-15-25(26)35-19-20-7-3-2-4-8-20)18-31(24-9-5-6-16-30-27(24)32)28(33)22-11-13-23(29)14-12-22/h2-4,7-8,10-15,17,24H,5-6,9,16,18-19H2,1H3,(H,30,32). The number of amides is 2. The van der Waals surface area contributed by atoms with Crippen molar-refractivity contribution in [2.24, 2.45) is 0 Å². The lowest BCUT2D eigenvalue weighted by atomic mass is 10.0. The molecule has 0 saturated carbocycles. The molecule has 4 rings (SSSR count). The zero-order valence-corrected chi connectivity index (χ0v) is 19.7. The molecule has 1 N–H and O–H groups in total. The third-order valence-corrected chi connectivity index (χ3v) is 6.05. The van der Waals surface area contributed by atoms with Gasteiger partial charge < -0.3 is 19.7 Å². The lowest BCUT2D eigenvalue weighted by Crippen LogP contribution is -2.48. The van der Waals surface area contributed by atoms with E-state index < -0.39 is 11.9 Å². The molecular weight excluding hydrogens is 447 g/mol. The molecule has 3 aromatic carbocycles. The molecule has 1 saturated heterocycles. The van der Waals surface area contributed by atoms with E-state index in [1.807, 2.05) is 48.5 Å². The number of ether oxygens (including phenoxy) is 2. The Balaban J connectivity index is 1.58. The van der Waals surface area contributed by atoms with Gasteiger partial charge in [0, 0.05) is 18.7 Å². The molecule has 1 aliphatic rings. The van der Waals surface area contributed by atoms with Gasteiger partial charge in [0.1, 0.15) is 18.5 Å². The third kappa shape index (κ3) is 6.18. The average Bonchev–Trinajstić information content (AvgIpc) is 3.11. The van der Waals surface area contributed by atoms with Crippen LogP contribution in [0, 0.1) is 5.82 Å². The number of carbonyl (C=O) groups excluding carboxylic acids is 2. The van der Waals surface area contributed by atoms with Crippen LogP contribution in [-0.2, 0) is 17.9 Å². The second-order valence-electron chi connectivity index (χ2n) is 8.50. The maximum atomic E-state index is 13.5. The van der Waals surface area contributed by atoms with Crippen molar-refractivity contribution in [3.63, 3.8) is 0 Å². The largest absolute Gasteiger partial charge is 0.493 e. The molecule has 1 aliphatic heterocycles. The van der Waals surface area contributed by atoms with E-state index in [1.54, 1.807) is 12.0 Å². The fourth-order valence-electron chi connectivity index (χ4n) is 4.16. The lowest BCUT2D eigenvalue weighted by Gasteiger charge is -2.30. The van der Waals surface area contributed by atoms with Gasteiger partial charge in [0.2, 0.25) is 5.91 Å². The minimum atomic E-state index is -0.616.